The summed E-state index contributed by atoms with van der Waals surface area (Å²) < 4.78 is 17.3. The van der Waals surface area contributed by atoms with E-state index in [-0.39, 0.29) is 19.6 Å². The number of nitrogens with zero attached hydrogens (tertiary/aromatic N) is 1. The standard InChI is InChI=1S/C28H28ClIN4O6/c1-2-38-24-14-19(12-22(30)27(24)40-16-25(31)35)15-32-34-28(37)23(13-18-6-4-3-5-7-18)33-26(36)17-39-21-10-8-20(29)9-11-21/h3-12,14-15,23H,2,13,16-17H2,1H3,(H2,31,35)(H,33,36)(H,34,37)/b32-15-/t23-/m0/s1. The molecule has 1 atom stereocenters. The van der Waals surface area contributed by atoms with Crippen LogP contribution in [0, 0.1) is 3.57 Å². The Labute approximate surface area is 250 Å². The molecule has 3 rings (SSSR count). The number of ether oxygens (including phenoxy) is 3. The first-order valence-electron chi connectivity index (χ1n) is 12.2. The maximum Gasteiger partial charge on any atom is 0.262 e. The fourth-order valence-corrected chi connectivity index (χ4v) is 4.34. The third kappa shape index (κ3) is 10.0. The van der Waals surface area contributed by atoms with Crippen LogP contribution in [-0.4, -0.2) is 49.8 Å². The van der Waals surface area contributed by atoms with Crippen LogP contribution in [0.4, 0.5) is 0 Å². The minimum absolute atomic E-state index is 0.243. The molecule has 4 N–H and O–H groups in total. The van der Waals surface area contributed by atoms with Gasteiger partial charge in [-0.1, -0.05) is 41.9 Å². The summed E-state index contributed by atoms with van der Waals surface area (Å²) in [6.07, 6.45) is 1.68. The number of nitrogens with two attached hydrogens (primary N) is 1. The molecule has 0 aromatic heterocycles. The molecule has 0 bridgehead atoms. The number of hydrogen-bond acceptors (Lipinski definition) is 7. The van der Waals surface area contributed by atoms with Crippen molar-refractivity contribution in [2.75, 3.05) is 19.8 Å². The van der Waals surface area contributed by atoms with Gasteiger partial charge in [0, 0.05) is 11.4 Å². The lowest BCUT2D eigenvalue weighted by atomic mass is 10.1. The molecule has 0 aliphatic carbocycles. The molecule has 40 heavy (non-hydrogen) atoms. The summed E-state index contributed by atoms with van der Waals surface area (Å²) in [7, 11) is 0. The Morgan fingerprint density at radius 1 is 1.02 bits per heavy atom. The van der Waals surface area contributed by atoms with E-state index in [9.17, 15) is 14.4 Å². The summed E-state index contributed by atoms with van der Waals surface area (Å²) >= 11 is 7.92. The molecule has 0 saturated heterocycles. The van der Waals surface area contributed by atoms with Crippen LogP contribution in [0.2, 0.25) is 5.02 Å². The zero-order valence-electron chi connectivity index (χ0n) is 21.6. The first-order chi connectivity index (χ1) is 19.2. The van der Waals surface area contributed by atoms with Gasteiger partial charge in [-0.3, -0.25) is 14.4 Å². The van der Waals surface area contributed by atoms with E-state index in [1.54, 1.807) is 36.4 Å². The van der Waals surface area contributed by atoms with Crippen molar-refractivity contribution in [2.45, 2.75) is 19.4 Å². The van der Waals surface area contributed by atoms with Gasteiger partial charge in [0.2, 0.25) is 0 Å². The average Bonchev–Trinajstić information content (AvgIpc) is 2.92. The van der Waals surface area contributed by atoms with E-state index in [0.717, 1.165) is 5.56 Å². The molecule has 0 heterocycles. The van der Waals surface area contributed by atoms with Gasteiger partial charge >= 0.3 is 0 Å². The van der Waals surface area contributed by atoms with Crippen LogP contribution in [0.1, 0.15) is 18.1 Å². The lowest BCUT2D eigenvalue weighted by Crippen LogP contribution is -2.48. The van der Waals surface area contributed by atoms with Crippen LogP contribution >= 0.6 is 34.2 Å². The van der Waals surface area contributed by atoms with Gasteiger partial charge in [0.05, 0.1) is 16.4 Å². The highest BCUT2D eigenvalue weighted by Crippen LogP contribution is 2.33. The molecule has 0 aliphatic heterocycles. The van der Waals surface area contributed by atoms with Crippen LogP contribution in [0.3, 0.4) is 0 Å². The second-order valence-electron chi connectivity index (χ2n) is 8.30. The first-order valence-corrected chi connectivity index (χ1v) is 13.6. The Morgan fingerprint density at radius 2 is 1.75 bits per heavy atom. The number of carbonyl (C=O) groups excluding carboxylic acids is 3. The Balaban J connectivity index is 1.68. The van der Waals surface area contributed by atoms with Crippen molar-refractivity contribution in [3.8, 4) is 17.2 Å². The summed E-state index contributed by atoms with van der Waals surface area (Å²) in [5.41, 5.74) is 9.14. The third-order valence-electron chi connectivity index (χ3n) is 5.20. The van der Waals surface area contributed by atoms with Gasteiger partial charge in [-0.05, 0) is 77.0 Å². The Morgan fingerprint density at radius 3 is 2.42 bits per heavy atom. The van der Waals surface area contributed by atoms with Gasteiger partial charge < -0.3 is 25.3 Å². The normalized spacial score (nSPS) is 11.5. The van der Waals surface area contributed by atoms with Crippen molar-refractivity contribution in [3.05, 3.63) is 86.4 Å². The number of rotatable bonds is 14. The molecule has 0 spiro atoms. The van der Waals surface area contributed by atoms with Gasteiger partial charge in [0.1, 0.15) is 11.8 Å². The number of halogens is 2. The van der Waals surface area contributed by atoms with E-state index >= 15 is 0 Å². The van der Waals surface area contributed by atoms with Crippen LogP contribution in [0.25, 0.3) is 0 Å². The zero-order valence-corrected chi connectivity index (χ0v) is 24.5. The fourth-order valence-electron chi connectivity index (χ4n) is 3.43. The maximum atomic E-state index is 13.0. The summed E-state index contributed by atoms with van der Waals surface area (Å²) in [5.74, 6) is -0.341. The number of hydrogen-bond donors (Lipinski definition) is 3. The van der Waals surface area contributed by atoms with Gasteiger partial charge in [0.25, 0.3) is 17.7 Å². The second kappa shape index (κ2) is 15.7. The molecule has 0 fully saturated rings. The van der Waals surface area contributed by atoms with Gasteiger partial charge in [-0.25, -0.2) is 5.43 Å². The molecule has 3 amide bonds. The van der Waals surface area contributed by atoms with Gasteiger partial charge in [0.15, 0.2) is 24.7 Å². The molecule has 0 aliphatic rings. The molecular weight excluding hydrogens is 651 g/mol. The number of primary amides is 1. The van der Waals surface area contributed by atoms with E-state index in [0.29, 0.717) is 38.0 Å². The molecule has 3 aromatic rings. The van der Waals surface area contributed by atoms with Crippen molar-refractivity contribution in [1.82, 2.24) is 10.7 Å². The lowest BCUT2D eigenvalue weighted by molar-refractivity contribution is -0.130. The number of amides is 3. The Hall–Kier alpha value is -3.84. The summed E-state index contributed by atoms with van der Waals surface area (Å²) in [4.78, 5) is 36.8. The maximum absolute atomic E-state index is 13.0. The predicted molar refractivity (Wildman–Crippen MR) is 160 cm³/mol. The fraction of sp³-hybridized carbons (Fsp3) is 0.214. The Bertz CT molecular complexity index is 1340. The van der Waals surface area contributed by atoms with Crippen molar-refractivity contribution in [3.63, 3.8) is 0 Å². The van der Waals surface area contributed by atoms with Crippen LogP contribution in [0.15, 0.2) is 71.8 Å². The summed E-state index contributed by atoms with van der Waals surface area (Å²) in [6.45, 7) is 1.60. The number of hydrazone groups is 1. The van der Waals surface area contributed by atoms with E-state index in [4.69, 9.17) is 31.5 Å². The largest absolute Gasteiger partial charge is 0.490 e. The number of carbonyl (C=O) groups is 3. The molecular formula is C28H28ClIN4O6. The highest BCUT2D eigenvalue weighted by Gasteiger charge is 2.21. The third-order valence-corrected chi connectivity index (χ3v) is 6.25. The quantitative estimate of drug-likeness (QED) is 0.136. The van der Waals surface area contributed by atoms with Crippen molar-refractivity contribution >= 4 is 58.1 Å². The molecule has 12 heteroatoms. The number of benzene rings is 3. The van der Waals surface area contributed by atoms with Gasteiger partial charge in [-0.15, -0.1) is 0 Å². The smallest absolute Gasteiger partial charge is 0.262 e. The van der Waals surface area contributed by atoms with Crippen LogP contribution < -0.4 is 30.7 Å². The van der Waals surface area contributed by atoms with E-state index in [1.165, 1.54) is 6.21 Å². The highest BCUT2D eigenvalue weighted by molar-refractivity contribution is 14.1. The van der Waals surface area contributed by atoms with Crippen LogP contribution in [-0.2, 0) is 20.8 Å². The van der Waals surface area contributed by atoms with Crippen LogP contribution in [0.5, 0.6) is 17.2 Å². The topological polar surface area (TPSA) is 141 Å². The molecule has 210 valence electrons. The van der Waals surface area contributed by atoms with Crippen molar-refractivity contribution < 1.29 is 28.6 Å². The van der Waals surface area contributed by atoms with Crippen molar-refractivity contribution in [2.24, 2.45) is 10.8 Å². The zero-order chi connectivity index (χ0) is 28.9. The molecule has 0 unspecified atom stereocenters. The van der Waals surface area contributed by atoms with Gasteiger partial charge in [-0.2, -0.15) is 5.10 Å². The molecule has 10 nitrogen and oxygen atoms in total. The SMILES string of the molecule is CCOc1cc(/C=N\NC(=O)[C@H](Cc2ccccc2)NC(=O)COc2ccc(Cl)cc2)cc(I)c1OCC(N)=O. The minimum Gasteiger partial charge on any atom is -0.490 e. The van der Waals surface area contributed by atoms with E-state index in [2.05, 4.69) is 15.8 Å². The highest BCUT2D eigenvalue weighted by atomic mass is 127. The lowest BCUT2D eigenvalue weighted by Gasteiger charge is -2.17. The summed E-state index contributed by atoms with van der Waals surface area (Å²) in [5, 5.41) is 7.32. The Kier molecular flexibility index (Phi) is 12.0. The van der Waals surface area contributed by atoms with Crippen molar-refractivity contribution in [1.29, 1.82) is 0 Å². The summed E-state index contributed by atoms with van der Waals surface area (Å²) in [6, 6.07) is 18.4. The molecule has 3 aromatic carbocycles. The average molecular weight is 679 g/mol. The van der Waals surface area contributed by atoms with E-state index < -0.39 is 23.8 Å². The van der Waals surface area contributed by atoms with E-state index in [1.807, 2.05) is 59.8 Å². The second-order valence-corrected chi connectivity index (χ2v) is 9.90. The molecule has 0 saturated carbocycles. The predicted octanol–water partition coefficient (Wildman–Crippen LogP) is 3.46. The number of nitrogens with one attached hydrogen (secondary N) is 2. The minimum atomic E-state index is -0.912. The monoisotopic (exact) mass is 678 g/mol. The molecule has 0 radical (unpaired) electrons. The first kappa shape index (κ1) is 30.7.